The first-order valence-electron chi connectivity index (χ1n) is 12.7. The van der Waals surface area contributed by atoms with Gasteiger partial charge in [-0.3, -0.25) is 0 Å². The molecule has 4 heterocycles. The van der Waals surface area contributed by atoms with Crippen LogP contribution in [0.4, 0.5) is 17.5 Å². The summed E-state index contributed by atoms with van der Waals surface area (Å²) in [6, 6.07) is 9.93. The van der Waals surface area contributed by atoms with Crippen molar-refractivity contribution < 1.29 is 4.74 Å². The summed E-state index contributed by atoms with van der Waals surface area (Å²) < 4.78 is 8.83. The van der Waals surface area contributed by atoms with E-state index in [0.29, 0.717) is 22.4 Å². The Labute approximate surface area is 235 Å². The molecule has 1 fully saturated rings. The van der Waals surface area contributed by atoms with E-state index in [1.54, 1.807) is 0 Å². The molecule has 0 atom stereocenters. The third-order valence-corrected chi connectivity index (χ3v) is 11.6. The Morgan fingerprint density at radius 2 is 1.95 bits per heavy atom. The van der Waals surface area contributed by atoms with Crippen molar-refractivity contribution >= 4 is 65.9 Å². The molecule has 0 aliphatic carbocycles. The number of nitrogens with one attached hydrogen (secondary N) is 3. The molecular weight excluding hydrogens is 615 g/mol. The Morgan fingerprint density at radius 1 is 1.13 bits per heavy atom. The van der Waals surface area contributed by atoms with Gasteiger partial charge < -0.3 is 4.98 Å². The number of alkyl halides is 3. The van der Waals surface area contributed by atoms with Crippen LogP contribution in [0.5, 0.6) is 11.8 Å². The first-order valence-corrected chi connectivity index (χ1v) is 18.3. The summed E-state index contributed by atoms with van der Waals surface area (Å²) in [7, 11) is 0. The van der Waals surface area contributed by atoms with Crippen LogP contribution >= 0.6 is 31.4 Å². The van der Waals surface area contributed by atoms with Gasteiger partial charge in [0.1, 0.15) is 0 Å². The summed E-state index contributed by atoms with van der Waals surface area (Å²) >= 11 is 5.90. The summed E-state index contributed by atoms with van der Waals surface area (Å²) in [6.07, 6.45) is 3.92. The van der Waals surface area contributed by atoms with Crippen LogP contribution in [0.1, 0.15) is 25.2 Å². The van der Waals surface area contributed by atoms with Crippen LogP contribution in [0.2, 0.25) is 5.02 Å². The van der Waals surface area contributed by atoms with E-state index in [2.05, 4.69) is 47.1 Å². The van der Waals surface area contributed by atoms with Gasteiger partial charge in [0, 0.05) is 11.2 Å². The van der Waals surface area contributed by atoms with Crippen LogP contribution in [0.25, 0.3) is 17.0 Å². The van der Waals surface area contributed by atoms with Crippen molar-refractivity contribution in [3.63, 3.8) is 0 Å². The molecule has 0 unspecified atom stereocenters. The molecule has 1 aromatic carbocycles. The molecule has 0 bridgehead atoms. The number of allylic oxidation sites excluding steroid dienone is 1. The molecule has 202 valence electrons. The zero-order valence-corrected chi connectivity index (χ0v) is 25.1. The monoisotopic (exact) mass is 648 g/mol. The first-order chi connectivity index (χ1) is 18.4. The molecule has 9 nitrogen and oxygen atoms in total. The minimum absolute atomic E-state index is 0.234. The van der Waals surface area contributed by atoms with Crippen molar-refractivity contribution in [3.05, 3.63) is 52.8 Å². The molecule has 1 aliphatic heterocycles. The number of anilines is 3. The summed E-state index contributed by atoms with van der Waals surface area (Å²) in [5.74, 6) is 2.60. The predicted octanol–water partition coefficient (Wildman–Crippen LogP) is 6.45. The van der Waals surface area contributed by atoms with Crippen molar-refractivity contribution in [3.8, 4) is 11.8 Å². The van der Waals surface area contributed by atoms with Crippen LogP contribution in [0.3, 0.4) is 0 Å². The number of rotatable bonds is 9. The molecule has 3 aromatic heterocycles. The normalized spacial score (nSPS) is 15.0. The van der Waals surface area contributed by atoms with Crippen molar-refractivity contribution in [1.82, 2.24) is 30.0 Å². The van der Waals surface area contributed by atoms with Crippen molar-refractivity contribution in [2.75, 3.05) is 50.3 Å². The number of ether oxygens (including phenoxy) is 1. The van der Waals surface area contributed by atoms with E-state index in [-0.39, 0.29) is 6.01 Å². The van der Waals surface area contributed by atoms with Gasteiger partial charge in [0.2, 0.25) is 0 Å². The fraction of sp³-hybridized carbons (Fsp3) is 0.370. The SMILES string of the molecule is C/C=C/c1cc(Nc2cc(N3CCN(CI(C)CC)CC3)nc(Oc3ccc4[nH]c(C)cc4c3Cl)n2)n[nH]1. The molecule has 0 saturated carbocycles. The summed E-state index contributed by atoms with van der Waals surface area (Å²) in [5.41, 5.74) is 2.91. The fourth-order valence-electron chi connectivity index (χ4n) is 4.42. The molecule has 4 aromatic rings. The number of nitrogens with zero attached hydrogens (tertiary/aromatic N) is 5. The Hall–Kier alpha value is -2.83. The van der Waals surface area contributed by atoms with Crippen LogP contribution in [0, 0.1) is 6.92 Å². The van der Waals surface area contributed by atoms with Gasteiger partial charge in [-0.2, -0.15) is 0 Å². The molecule has 38 heavy (non-hydrogen) atoms. The van der Waals surface area contributed by atoms with E-state index in [0.717, 1.165) is 54.3 Å². The minimum atomic E-state index is -0.820. The molecule has 0 amide bonds. The van der Waals surface area contributed by atoms with Gasteiger partial charge in [0.25, 0.3) is 0 Å². The predicted molar refractivity (Wildman–Crippen MR) is 166 cm³/mol. The number of aromatic nitrogens is 5. The number of fused-ring (bicyclic) bond motifs is 1. The number of H-pyrrole nitrogens is 2. The Kier molecular flexibility index (Phi) is 8.39. The summed E-state index contributed by atoms with van der Waals surface area (Å²) in [5, 5.41) is 12.1. The molecule has 3 N–H and O–H groups in total. The average molecular weight is 649 g/mol. The van der Waals surface area contributed by atoms with Crippen LogP contribution in [0.15, 0.2) is 36.4 Å². The summed E-state index contributed by atoms with van der Waals surface area (Å²) in [6.45, 7) is 10.2. The van der Waals surface area contributed by atoms with E-state index < -0.39 is 19.8 Å². The number of hydrogen-bond acceptors (Lipinski definition) is 7. The van der Waals surface area contributed by atoms with Gasteiger partial charge in [-0.15, -0.1) is 0 Å². The zero-order valence-electron chi connectivity index (χ0n) is 22.2. The fourth-order valence-corrected chi connectivity index (χ4v) is 7.49. The number of halogens is 2. The average Bonchev–Trinajstić information content (AvgIpc) is 3.52. The van der Waals surface area contributed by atoms with Crippen molar-refractivity contribution in [2.24, 2.45) is 0 Å². The van der Waals surface area contributed by atoms with Crippen molar-refractivity contribution in [2.45, 2.75) is 20.8 Å². The maximum atomic E-state index is 6.72. The Bertz CT molecular complexity index is 1430. The summed E-state index contributed by atoms with van der Waals surface area (Å²) in [4.78, 5) is 20.1. The number of benzene rings is 1. The second kappa shape index (κ2) is 11.9. The van der Waals surface area contributed by atoms with E-state index in [1.807, 2.05) is 56.3 Å². The zero-order chi connectivity index (χ0) is 26.6. The molecule has 0 radical (unpaired) electrons. The molecule has 1 saturated heterocycles. The topological polar surface area (TPSA) is 98.0 Å². The molecule has 11 heteroatoms. The molecule has 5 rings (SSSR count). The van der Waals surface area contributed by atoms with E-state index in [4.69, 9.17) is 21.3 Å². The van der Waals surface area contributed by atoms with Crippen LogP contribution in [-0.4, -0.2) is 70.1 Å². The van der Waals surface area contributed by atoms with Crippen molar-refractivity contribution in [1.29, 1.82) is 0 Å². The van der Waals surface area contributed by atoms with Gasteiger partial charge >= 0.3 is 188 Å². The van der Waals surface area contributed by atoms with Gasteiger partial charge in [-0.1, -0.05) is 6.08 Å². The maximum absolute atomic E-state index is 6.72. The van der Waals surface area contributed by atoms with Gasteiger partial charge in [0.05, 0.1) is 0 Å². The number of aromatic amines is 2. The second-order valence-corrected chi connectivity index (χ2v) is 16.1. The first kappa shape index (κ1) is 26.8. The number of aryl methyl sites for hydroxylation is 1. The second-order valence-electron chi connectivity index (χ2n) is 9.34. The van der Waals surface area contributed by atoms with E-state index in [1.165, 1.54) is 8.98 Å². The van der Waals surface area contributed by atoms with E-state index in [9.17, 15) is 0 Å². The quantitative estimate of drug-likeness (QED) is 0.109. The molecular formula is C27H34ClIN8O. The molecule has 0 spiro atoms. The number of hydrogen-bond donors (Lipinski definition) is 3. The van der Waals surface area contributed by atoms with Gasteiger partial charge in [-0.05, 0) is 26.0 Å². The molecule has 1 aliphatic rings. The van der Waals surface area contributed by atoms with E-state index >= 15 is 0 Å². The third kappa shape index (κ3) is 6.24. The van der Waals surface area contributed by atoms with Gasteiger partial charge in [0.15, 0.2) is 0 Å². The van der Waals surface area contributed by atoms with Gasteiger partial charge in [-0.25, -0.2) is 0 Å². The Morgan fingerprint density at radius 3 is 2.71 bits per heavy atom. The number of piperazine rings is 1. The Balaban J connectivity index is 1.42. The van der Waals surface area contributed by atoms with Crippen LogP contribution < -0.4 is 15.0 Å². The van der Waals surface area contributed by atoms with Crippen LogP contribution in [-0.2, 0) is 0 Å². The third-order valence-electron chi connectivity index (χ3n) is 6.46. The standard InChI is InChI=1S/C27H34ClIN8O/c1-5-7-19-15-24(35-34-19)31-23-16-25(37-12-10-36(11-13-37)17-29(4)6-2)33-27(32-23)38-22-9-8-21-20(26(22)28)14-18(3)30-21/h5,7-9,14-16,30H,6,10-13,17H2,1-4H3,(H2,31,32,33,34,35)/b7-5+.